The molecule has 0 aliphatic carbocycles. The topological polar surface area (TPSA) is 51.1 Å². The Hall–Kier alpha value is -2.47. The van der Waals surface area contributed by atoms with Gasteiger partial charge in [0.1, 0.15) is 12.4 Å². The minimum atomic E-state index is 0.524. The summed E-state index contributed by atoms with van der Waals surface area (Å²) in [7, 11) is 0. The molecule has 0 amide bonds. The third-order valence-electron chi connectivity index (χ3n) is 4.38. The van der Waals surface area contributed by atoms with E-state index in [0.29, 0.717) is 12.5 Å². The number of benzene rings is 1. The maximum Gasteiger partial charge on any atom is 0.225 e. The highest BCUT2D eigenvalue weighted by Gasteiger charge is 2.24. The Bertz CT molecular complexity index is 785. The predicted octanol–water partition coefficient (Wildman–Crippen LogP) is 3.90. The number of anilines is 1. The molecule has 1 fully saturated rings. The molecule has 0 unspecified atom stereocenters. The number of nitrogens with zero attached hydrogens (tertiary/aromatic N) is 4. The average molecular weight is 352 g/mol. The van der Waals surface area contributed by atoms with E-state index in [-0.39, 0.29) is 0 Å². The van der Waals surface area contributed by atoms with E-state index in [1.165, 1.54) is 5.01 Å². The van der Waals surface area contributed by atoms with Crippen molar-refractivity contribution in [3.8, 4) is 5.75 Å². The van der Waals surface area contributed by atoms with Crippen molar-refractivity contribution < 1.29 is 4.74 Å². The zero-order valence-electron chi connectivity index (χ0n) is 13.9. The quantitative estimate of drug-likeness (QED) is 0.697. The molecular weight excluding hydrogens is 332 g/mol. The van der Waals surface area contributed by atoms with Crippen LogP contribution >= 0.6 is 11.3 Å². The standard InChI is InChI=1S/C19H20N4OS/c1-2-5-17(6-3-1)24-13-16-14-25-18(22-16)15-7-11-23(12-8-15)19-20-9-4-10-21-19/h1-6,9-10,14-15H,7-8,11-13H2. The molecule has 0 bridgehead atoms. The molecule has 3 heterocycles. The van der Waals surface area contributed by atoms with Gasteiger partial charge in [0, 0.05) is 36.8 Å². The fraction of sp³-hybridized carbons (Fsp3) is 0.316. The zero-order valence-corrected chi connectivity index (χ0v) is 14.7. The molecule has 4 rings (SSSR count). The van der Waals surface area contributed by atoms with Crippen LogP contribution in [0.5, 0.6) is 5.75 Å². The molecule has 1 aromatic carbocycles. The Balaban J connectivity index is 1.32. The van der Waals surface area contributed by atoms with Crippen LogP contribution in [0.15, 0.2) is 54.2 Å². The van der Waals surface area contributed by atoms with Crippen LogP contribution in [0.1, 0.15) is 29.5 Å². The Kier molecular flexibility index (Phi) is 4.88. The lowest BCUT2D eigenvalue weighted by molar-refractivity contribution is 0.301. The van der Waals surface area contributed by atoms with Gasteiger partial charge in [-0.3, -0.25) is 0 Å². The Labute approximate surface area is 151 Å². The second-order valence-corrected chi connectivity index (χ2v) is 6.98. The van der Waals surface area contributed by atoms with Crippen LogP contribution in [0.2, 0.25) is 0 Å². The molecular formula is C19H20N4OS. The van der Waals surface area contributed by atoms with E-state index < -0.39 is 0 Å². The molecule has 1 saturated heterocycles. The Morgan fingerprint density at radius 1 is 1.04 bits per heavy atom. The third-order valence-corrected chi connectivity index (χ3v) is 5.43. The van der Waals surface area contributed by atoms with E-state index in [1.54, 1.807) is 23.7 Å². The summed E-state index contributed by atoms with van der Waals surface area (Å²) in [5.74, 6) is 2.24. The van der Waals surface area contributed by atoms with Crippen LogP contribution in [0, 0.1) is 0 Å². The number of aromatic nitrogens is 3. The molecule has 1 aliphatic heterocycles. The Morgan fingerprint density at radius 3 is 2.56 bits per heavy atom. The second kappa shape index (κ2) is 7.61. The number of hydrogen-bond acceptors (Lipinski definition) is 6. The third kappa shape index (κ3) is 3.96. The van der Waals surface area contributed by atoms with Gasteiger partial charge in [-0.05, 0) is 31.0 Å². The lowest BCUT2D eigenvalue weighted by Gasteiger charge is -2.30. The molecule has 0 radical (unpaired) electrons. The maximum atomic E-state index is 5.79. The molecule has 25 heavy (non-hydrogen) atoms. The number of thiazole rings is 1. The first-order valence-electron chi connectivity index (χ1n) is 8.52. The van der Waals surface area contributed by atoms with Gasteiger partial charge in [0.25, 0.3) is 0 Å². The fourth-order valence-electron chi connectivity index (χ4n) is 3.03. The van der Waals surface area contributed by atoms with E-state index >= 15 is 0 Å². The van der Waals surface area contributed by atoms with Gasteiger partial charge in [0.2, 0.25) is 5.95 Å². The van der Waals surface area contributed by atoms with Gasteiger partial charge in [-0.15, -0.1) is 11.3 Å². The molecule has 0 spiro atoms. The van der Waals surface area contributed by atoms with Crippen molar-refractivity contribution in [1.29, 1.82) is 0 Å². The summed E-state index contributed by atoms with van der Waals surface area (Å²) in [6.45, 7) is 2.48. The van der Waals surface area contributed by atoms with E-state index in [4.69, 9.17) is 9.72 Å². The van der Waals surface area contributed by atoms with Crippen molar-refractivity contribution in [2.75, 3.05) is 18.0 Å². The minimum absolute atomic E-state index is 0.524. The summed E-state index contributed by atoms with van der Waals surface area (Å²) in [6.07, 6.45) is 5.78. The van der Waals surface area contributed by atoms with Crippen LogP contribution in [0.25, 0.3) is 0 Å². The van der Waals surface area contributed by atoms with Crippen molar-refractivity contribution in [3.63, 3.8) is 0 Å². The predicted molar refractivity (Wildman–Crippen MR) is 99.1 cm³/mol. The molecule has 128 valence electrons. The van der Waals surface area contributed by atoms with E-state index in [9.17, 15) is 0 Å². The fourth-order valence-corrected chi connectivity index (χ4v) is 4.01. The molecule has 6 heteroatoms. The molecule has 0 saturated carbocycles. The summed E-state index contributed by atoms with van der Waals surface area (Å²) in [6, 6.07) is 11.7. The molecule has 3 aromatic rings. The monoisotopic (exact) mass is 352 g/mol. The van der Waals surface area contributed by atoms with E-state index in [0.717, 1.165) is 43.3 Å². The number of ether oxygens (including phenoxy) is 1. The number of rotatable bonds is 5. The van der Waals surface area contributed by atoms with Crippen molar-refractivity contribution in [3.05, 3.63) is 64.9 Å². The van der Waals surface area contributed by atoms with E-state index in [2.05, 4.69) is 20.2 Å². The van der Waals surface area contributed by atoms with Gasteiger partial charge in [-0.1, -0.05) is 18.2 Å². The maximum absolute atomic E-state index is 5.79. The first-order valence-corrected chi connectivity index (χ1v) is 9.40. The zero-order chi connectivity index (χ0) is 16.9. The van der Waals surface area contributed by atoms with Gasteiger partial charge in [-0.25, -0.2) is 15.0 Å². The van der Waals surface area contributed by atoms with Crippen molar-refractivity contribution >= 4 is 17.3 Å². The largest absolute Gasteiger partial charge is 0.487 e. The highest BCUT2D eigenvalue weighted by molar-refractivity contribution is 7.09. The highest BCUT2D eigenvalue weighted by atomic mass is 32.1. The average Bonchev–Trinajstić information content (AvgIpc) is 3.17. The van der Waals surface area contributed by atoms with Crippen LogP contribution < -0.4 is 9.64 Å². The first-order chi connectivity index (χ1) is 12.4. The molecule has 1 aliphatic rings. The normalized spacial score (nSPS) is 15.3. The molecule has 5 nitrogen and oxygen atoms in total. The smallest absolute Gasteiger partial charge is 0.225 e. The van der Waals surface area contributed by atoms with Crippen LogP contribution in [-0.2, 0) is 6.61 Å². The van der Waals surface area contributed by atoms with Gasteiger partial charge < -0.3 is 9.64 Å². The van der Waals surface area contributed by atoms with Crippen LogP contribution in [-0.4, -0.2) is 28.0 Å². The molecule has 0 atom stereocenters. The van der Waals surface area contributed by atoms with Crippen LogP contribution in [0.4, 0.5) is 5.95 Å². The van der Waals surface area contributed by atoms with Crippen molar-refractivity contribution in [2.24, 2.45) is 0 Å². The molecule has 2 aromatic heterocycles. The van der Waals surface area contributed by atoms with Crippen molar-refractivity contribution in [1.82, 2.24) is 15.0 Å². The van der Waals surface area contributed by atoms with Gasteiger partial charge >= 0.3 is 0 Å². The Morgan fingerprint density at radius 2 is 1.80 bits per heavy atom. The van der Waals surface area contributed by atoms with Gasteiger partial charge in [0.05, 0.1) is 10.7 Å². The van der Waals surface area contributed by atoms with Gasteiger partial charge in [0.15, 0.2) is 0 Å². The summed E-state index contributed by atoms with van der Waals surface area (Å²) >= 11 is 1.75. The van der Waals surface area contributed by atoms with Crippen molar-refractivity contribution in [2.45, 2.75) is 25.4 Å². The summed E-state index contributed by atoms with van der Waals surface area (Å²) in [5, 5.41) is 3.34. The summed E-state index contributed by atoms with van der Waals surface area (Å²) in [5.41, 5.74) is 1.01. The second-order valence-electron chi connectivity index (χ2n) is 6.09. The lowest BCUT2D eigenvalue weighted by Crippen LogP contribution is -2.34. The van der Waals surface area contributed by atoms with E-state index in [1.807, 2.05) is 36.4 Å². The number of para-hydroxylation sites is 1. The lowest BCUT2D eigenvalue weighted by atomic mass is 9.98. The minimum Gasteiger partial charge on any atom is -0.487 e. The molecule has 0 N–H and O–H groups in total. The first kappa shape index (κ1) is 16.0. The summed E-state index contributed by atoms with van der Waals surface area (Å²) in [4.78, 5) is 15.7. The van der Waals surface area contributed by atoms with Gasteiger partial charge in [-0.2, -0.15) is 0 Å². The van der Waals surface area contributed by atoms with Crippen LogP contribution in [0.3, 0.4) is 0 Å². The summed E-state index contributed by atoms with van der Waals surface area (Å²) < 4.78 is 5.79. The SMILES string of the molecule is c1ccc(OCc2csc(C3CCN(c4ncccn4)CC3)n2)cc1. The highest BCUT2D eigenvalue weighted by Crippen LogP contribution is 2.31. The number of hydrogen-bond donors (Lipinski definition) is 0. The number of piperidine rings is 1.